The minimum atomic E-state index is 0.698. The van der Waals surface area contributed by atoms with E-state index in [-0.39, 0.29) is 0 Å². The molecule has 0 spiro atoms. The molecule has 18 heavy (non-hydrogen) atoms. The Labute approximate surface area is 111 Å². The Morgan fingerprint density at radius 3 is 2.83 bits per heavy atom. The van der Waals surface area contributed by atoms with Crippen molar-refractivity contribution in [1.82, 2.24) is 9.80 Å². The lowest BCUT2D eigenvalue weighted by Crippen LogP contribution is -2.44. The van der Waals surface area contributed by atoms with Gasteiger partial charge in [0.2, 0.25) is 0 Å². The van der Waals surface area contributed by atoms with Gasteiger partial charge in [0.05, 0.1) is 6.54 Å². The van der Waals surface area contributed by atoms with Gasteiger partial charge >= 0.3 is 0 Å². The van der Waals surface area contributed by atoms with Crippen molar-refractivity contribution in [2.75, 3.05) is 27.2 Å². The van der Waals surface area contributed by atoms with Crippen molar-refractivity contribution < 1.29 is 4.42 Å². The highest BCUT2D eigenvalue weighted by atomic mass is 16.3. The molecule has 0 bridgehead atoms. The number of aryl methyl sites for hydroxylation is 1. The van der Waals surface area contributed by atoms with E-state index >= 15 is 0 Å². The smallest absolute Gasteiger partial charge is 0.118 e. The number of likely N-dealkylation sites (tertiary alicyclic amines) is 1. The molecule has 2 rings (SSSR count). The van der Waals surface area contributed by atoms with Crippen LogP contribution in [0.3, 0.4) is 0 Å². The van der Waals surface area contributed by atoms with Gasteiger partial charge in [0.25, 0.3) is 0 Å². The molecule has 0 N–H and O–H groups in total. The lowest BCUT2D eigenvalue weighted by atomic mass is 10.0. The molecule has 1 fully saturated rings. The molecule has 0 amide bonds. The molecule has 3 heteroatoms. The van der Waals surface area contributed by atoms with Gasteiger partial charge in [-0.1, -0.05) is 6.92 Å². The molecule has 2 heterocycles. The SMILES string of the molecule is CCCc1ccc(CN2CCC[C@H](N(C)C)C2)o1. The van der Waals surface area contributed by atoms with Crippen LogP contribution in [0.25, 0.3) is 0 Å². The quantitative estimate of drug-likeness (QED) is 0.801. The fourth-order valence-electron chi connectivity index (χ4n) is 2.70. The van der Waals surface area contributed by atoms with E-state index in [4.69, 9.17) is 4.42 Å². The molecule has 1 aromatic rings. The number of hydrogen-bond donors (Lipinski definition) is 0. The van der Waals surface area contributed by atoms with Crippen molar-refractivity contribution in [2.24, 2.45) is 0 Å². The Morgan fingerprint density at radius 1 is 1.33 bits per heavy atom. The number of furan rings is 1. The molecule has 0 aliphatic carbocycles. The average Bonchev–Trinajstić information content (AvgIpc) is 2.77. The molecular weight excluding hydrogens is 224 g/mol. The zero-order valence-electron chi connectivity index (χ0n) is 12.0. The molecule has 1 aliphatic rings. The number of piperidine rings is 1. The fourth-order valence-corrected chi connectivity index (χ4v) is 2.70. The summed E-state index contributed by atoms with van der Waals surface area (Å²) in [5, 5.41) is 0. The molecule has 0 radical (unpaired) electrons. The van der Waals surface area contributed by atoms with Crippen LogP contribution < -0.4 is 0 Å². The Morgan fingerprint density at radius 2 is 2.11 bits per heavy atom. The number of hydrogen-bond acceptors (Lipinski definition) is 3. The van der Waals surface area contributed by atoms with Gasteiger partial charge in [-0.05, 0) is 52.0 Å². The summed E-state index contributed by atoms with van der Waals surface area (Å²) in [5.41, 5.74) is 0. The second-order valence-electron chi connectivity index (χ2n) is 5.61. The van der Waals surface area contributed by atoms with Gasteiger partial charge < -0.3 is 9.32 Å². The minimum absolute atomic E-state index is 0.698. The predicted octanol–water partition coefficient (Wildman–Crippen LogP) is 2.76. The second kappa shape index (κ2) is 6.39. The highest BCUT2D eigenvalue weighted by Gasteiger charge is 2.21. The van der Waals surface area contributed by atoms with Crippen LogP contribution in [0, 0.1) is 0 Å². The molecule has 0 unspecified atom stereocenters. The lowest BCUT2D eigenvalue weighted by molar-refractivity contribution is 0.121. The first-order chi connectivity index (χ1) is 8.69. The molecule has 0 saturated carbocycles. The van der Waals surface area contributed by atoms with Crippen molar-refractivity contribution in [2.45, 2.75) is 45.2 Å². The third kappa shape index (κ3) is 3.59. The van der Waals surface area contributed by atoms with E-state index in [1.807, 2.05) is 0 Å². The highest BCUT2D eigenvalue weighted by Crippen LogP contribution is 2.18. The van der Waals surface area contributed by atoms with Crippen LogP contribution in [0.4, 0.5) is 0 Å². The standard InChI is InChI=1S/C15H26N2O/c1-4-6-14-8-9-15(18-14)12-17-10-5-7-13(11-17)16(2)3/h8-9,13H,4-7,10-12H2,1-3H3/t13-/m0/s1. The van der Waals surface area contributed by atoms with Gasteiger partial charge in [-0.25, -0.2) is 0 Å². The van der Waals surface area contributed by atoms with Crippen LogP contribution in [0.2, 0.25) is 0 Å². The van der Waals surface area contributed by atoms with E-state index in [2.05, 4.69) is 43.0 Å². The predicted molar refractivity (Wildman–Crippen MR) is 74.7 cm³/mol. The first kappa shape index (κ1) is 13.6. The van der Waals surface area contributed by atoms with Crippen molar-refractivity contribution >= 4 is 0 Å². The Kier molecular flexibility index (Phi) is 4.84. The monoisotopic (exact) mass is 250 g/mol. The zero-order chi connectivity index (χ0) is 13.0. The van der Waals surface area contributed by atoms with Crippen molar-refractivity contribution in [3.8, 4) is 0 Å². The molecule has 1 saturated heterocycles. The number of rotatable bonds is 5. The maximum atomic E-state index is 5.87. The van der Waals surface area contributed by atoms with Gasteiger partial charge in [0.15, 0.2) is 0 Å². The molecule has 1 atom stereocenters. The minimum Gasteiger partial charge on any atom is -0.465 e. The van der Waals surface area contributed by atoms with Crippen LogP contribution in [0.15, 0.2) is 16.5 Å². The topological polar surface area (TPSA) is 19.6 Å². The van der Waals surface area contributed by atoms with E-state index in [1.54, 1.807) is 0 Å². The van der Waals surface area contributed by atoms with E-state index in [9.17, 15) is 0 Å². The second-order valence-corrected chi connectivity index (χ2v) is 5.61. The average molecular weight is 250 g/mol. The summed E-state index contributed by atoms with van der Waals surface area (Å²) in [4.78, 5) is 4.86. The van der Waals surface area contributed by atoms with Crippen molar-refractivity contribution in [3.63, 3.8) is 0 Å². The maximum absolute atomic E-state index is 5.87. The van der Waals surface area contributed by atoms with E-state index < -0.39 is 0 Å². The lowest BCUT2D eigenvalue weighted by Gasteiger charge is -2.35. The van der Waals surface area contributed by atoms with Gasteiger partial charge in [0.1, 0.15) is 11.5 Å². The van der Waals surface area contributed by atoms with E-state index in [0.717, 1.165) is 37.5 Å². The third-order valence-electron chi connectivity index (χ3n) is 3.80. The zero-order valence-corrected chi connectivity index (χ0v) is 12.0. The summed E-state index contributed by atoms with van der Waals surface area (Å²) in [6.07, 6.45) is 4.83. The number of nitrogens with zero attached hydrogens (tertiary/aromatic N) is 2. The highest BCUT2D eigenvalue weighted by molar-refractivity contribution is 5.07. The van der Waals surface area contributed by atoms with Gasteiger partial charge in [-0.15, -0.1) is 0 Å². The van der Waals surface area contributed by atoms with E-state index in [0.29, 0.717) is 6.04 Å². The summed E-state index contributed by atoms with van der Waals surface area (Å²) in [6.45, 7) is 5.52. The van der Waals surface area contributed by atoms with Crippen LogP contribution in [-0.2, 0) is 13.0 Å². The van der Waals surface area contributed by atoms with Crippen LogP contribution >= 0.6 is 0 Å². The van der Waals surface area contributed by atoms with Crippen molar-refractivity contribution in [1.29, 1.82) is 0 Å². The van der Waals surface area contributed by atoms with Crippen LogP contribution in [-0.4, -0.2) is 43.0 Å². The van der Waals surface area contributed by atoms with Gasteiger partial charge in [-0.2, -0.15) is 0 Å². The van der Waals surface area contributed by atoms with Crippen LogP contribution in [0.5, 0.6) is 0 Å². The summed E-state index contributed by atoms with van der Waals surface area (Å²) in [6, 6.07) is 4.97. The normalized spacial score (nSPS) is 21.7. The van der Waals surface area contributed by atoms with Crippen molar-refractivity contribution in [3.05, 3.63) is 23.7 Å². The number of likely N-dealkylation sites (N-methyl/N-ethyl adjacent to an activating group) is 1. The molecule has 3 nitrogen and oxygen atoms in total. The summed E-state index contributed by atoms with van der Waals surface area (Å²) in [5.74, 6) is 2.26. The molecular formula is C15H26N2O. The largest absolute Gasteiger partial charge is 0.465 e. The Hall–Kier alpha value is -0.800. The summed E-state index contributed by atoms with van der Waals surface area (Å²) < 4.78 is 5.87. The summed E-state index contributed by atoms with van der Waals surface area (Å²) >= 11 is 0. The molecule has 0 aromatic carbocycles. The molecule has 1 aliphatic heterocycles. The molecule has 1 aromatic heterocycles. The van der Waals surface area contributed by atoms with Gasteiger partial charge in [0, 0.05) is 19.0 Å². The van der Waals surface area contributed by atoms with Gasteiger partial charge in [-0.3, -0.25) is 4.90 Å². The summed E-state index contributed by atoms with van der Waals surface area (Å²) in [7, 11) is 4.36. The first-order valence-corrected chi connectivity index (χ1v) is 7.15. The maximum Gasteiger partial charge on any atom is 0.118 e. The first-order valence-electron chi connectivity index (χ1n) is 7.15. The Bertz CT molecular complexity index is 359. The third-order valence-corrected chi connectivity index (χ3v) is 3.80. The van der Waals surface area contributed by atoms with Crippen LogP contribution in [0.1, 0.15) is 37.7 Å². The molecule has 102 valence electrons. The fraction of sp³-hybridized carbons (Fsp3) is 0.733. The Balaban J connectivity index is 1.87. The van der Waals surface area contributed by atoms with E-state index in [1.165, 1.54) is 19.4 Å².